The number of nitrogens with one attached hydrogen (secondary N) is 2. The number of rotatable bonds is 7. The maximum atomic E-state index is 13.8. The summed E-state index contributed by atoms with van der Waals surface area (Å²) in [7, 11) is -2.96. The van der Waals surface area contributed by atoms with Crippen molar-refractivity contribution >= 4 is 33.7 Å². The number of anilines is 2. The molecule has 0 saturated heterocycles. The Bertz CT molecular complexity index is 1570. The second kappa shape index (κ2) is 11.0. The average molecular weight is 555 g/mol. The molecule has 0 spiro atoms. The summed E-state index contributed by atoms with van der Waals surface area (Å²) >= 11 is 0. The molecule has 0 aliphatic carbocycles. The Morgan fingerprint density at radius 3 is 2.56 bits per heavy atom. The third kappa shape index (κ3) is 6.12. The van der Waals surface area contributed by atoms with Gasteiger partial charge in [0.1, 0.15) is 23.5 Å². The van der Waals surface area contributed by atoms with E-state index in [-0.39, 0.29) is 24.3 Å². The van der Waals surface area contributed by atoms with Crippen molar-refractivity contribution in [2.24, 2.45) is 0 Å². The van der Waals surface area contributed by atoms with Crippen LogP contribution < -0.4 is 19.2 Å². The molecule has 0 fully saturated rings. The van der Waals surface area contributed by atoms with Gasteiger partial charge in [0.2, 0.25) is 5.91 Å². The summed E-state index contributed by atoms with van der Waals surface area (Å²) in [6.45, 7) is 1.76. The van der Waals surface area contributed by atoms with Gasteiger partial charge >= 0.3 is 16.2 Å². The van der Waals surface area contributed by atoms with Crippen molar-refractivity contribution in [2.75, 3.05) is 22.8 Å². The minimum Gasteiger partial charge on any atom is -0.325 e. The smallest absolute Gasteiger partial charge is 0.325 e. The van der Waals surface area contributed by atoms with Gasteiger partial charge in [-0.1, -0.05) is 6.07 Å². The number of aromatic nitrogens is 1. The Morgan fingerprint density at radius 2 is 1.90 bits per heavy atom. The molecule has 1 aliphatic heterocycles. The Morgan fingerprint density at radius 1 is 1.18 bits per heavy atom. The number of nitrogens with zero attached hydrogens (tertiary/aromatic N) is 4. The predicted octanol–water partition coefficient (Wildman–Crippen LogP) is 2.72. The van der Waals surface area contributed by atoms with Gasteiger partial charge < -0.3 is 10.2 Å². The summed E-state index contributed by atoms with van der Waals surface area (Å²) in [6.07, 6.45) is 1.50. The number of nitriles is 1. The summed E-state index contributed by atoms with van der Waals surface area (Å²) in [5.74, 6) is -2.25. The number of likely N-dealkylation sites (N-methyl/N-ethyl adjacent to an activating group) is 1. The standard InChI is InChI=1S/C26H24F2N6O4S/c1-16-10-22(6-5-19(16)15-29)33(2)25(35)23(13-17-11-20(27)14-21(28)12-17)31-26(36)32-39(37,38)34-9-7-18-4-3-8-30-24(18)34/h3-6,8,10-12,14,23H,7,9,13H2,1-2H3,(H2,31,32,36)/t23-/m0/s1. The van der Waals surface area contributed by atoms with E-state index < -0.39 is 39.8 Å². The second-order valence-electron chi connectivity index (χ2n) is 8.93. The Labute approximate surface area is 224 Å². The minimum absolute atomic E-state index is 0.0658. The molecule has 1 atom stereocenters. The van der Waals surface area contributed by atoms with Crippen LogP contribution in [0.4, 0.5) is 25.1 Å². The number of carbonyl (C=O) groups is 2. The topological polar surface area (TPSA) is 136 Å². The summed E-state index contributed by atoms with van der Waals surface area (Å²) in [5.41, 5.74) is 2.17. The molecule has 1 aromatic heterocycles. The normalized spacial score (nSPS) is 13.3. The van der Waals surface area contributed by atoms with Crippen LogP contribution in [0.25, 0.3) is 0 Å². The van der Waals surface area contributed by atoms with Gasteiger partial charge in [0.25, 0.3) is 0 Å². The summed E-state index contributed by atoms with van der Waals surface area (Å²) in [6, 6.07) is 10.2. The minimum atomic E-state index is -4.38. The number of urea groups is 1. The molecule has 3 amide bonds. The van der Waals surface area contributed by atoms with E-state index >= 15 is 0 Å². The lowest BCUT2D eigenvalue weighted by molar-refractivity contribution is -0.120. The number of hydrogen-bond donors (Lipinski definition) is 2. The van der Waals surface area contributed by atoms with Crippen LogP contribution >= 0.6 is 0 Å². The fourth-order valence-corrected chi connectivity index (χ4v) is 5.41. The molecular weight excluding hydrogens is 530 g/mol. The van der Waals surface area contributed by atoms with Crippen molar-refractivity contribution in [1.29, 1.82) is 5.26 Å². The van der Waals surface area contributed by atoms with Crippen LogP contribution in [-0.2, 0) is 27.8 Å². The molecule has 1 aliphatic rings. The Balaban J connectivity index is 1.58. The molecule has 3 aromatic rings. The fraction of sp³-hybridized carbons (Fsp3) is 0.231. The molecule has 4 rings (SSSR count). The zero-order valence-corrected chi connectivity index (χ0v) is 21.8. The summed E-state index contributed by atoms with van der Waals surface area (Å²) in [4.78, 5) is 31.6. The lowest BCUT2D eigenvalue weighted by Crippen LogP contribution is -2.54. The molecule has 2 N–H and O–H groups in total. The molecule has 2 heterocycles. The largest absolute Gasteiger partial charge is 0.330 e. The van der Waals surface area contributed by atoms with E-state index in [4.69, 9.17) is 0 Å². The Kier molecular flexibility index (Phi) is 7.78. The van der Waals surface area contributed by atoms with Crippen LogP contribution in [0.3, 0.4) is 0 Å². The summed E-state index contributed by atoms with van der Waals surface area (Å²) in [5, 5.41) is 11.5. The van der Waals surface area contributed by atoms with Crippen molar-refractivity contribution in [1.82, 2.24) is 15.0 Å². The van der Waals surface area contributed by atoms with Crippen LogP contribution in [0.2, 0.25) is 0 Å². The number of benzene rings is 2. The highest BCUT2D eigenvalue weighted by Gasteiger charge is 2.33. The molecule has 202 valence electrons. The van der Waals surface area contributed by atoms with E-state index in [9.17, 15) is 32.0 Å². The molecule has 0 saturated carbocycles. The van der Waals surface area contributed by atoms with Crippen LogP contribution in [0.5, 0.6) is 0 Å². The SMILES string of the molecule is Cc1cc(N(C)C(=O)[C@H](Cc2cc(F)cc(F)c2)NC(=O)NS(=O)(=O)N2CCc3cccnc32)ccc1C#N. The molecule has 2 aromatic carbocycles. The van der Waals surface area contributed by atoms with E-state index in [1.165, 1.54) is 30.3 Å². The van der Waals surface area contributed by atoms with Gasteiger partial charge in [0, 0.05) is 38.0 Å². The summed E-state index contributed by atoms with van der Waals surface area (Å²) < 4.78 is 56.4. The number of pyridine rings is 1. The predicted molar refractivity (Wildman–Crippen MR) is 139 cm³/mol. The van der Waals surface area contributed by atoms with Gasteiger partial charge in [-0.15, -0.1) is 0 Å². The molecule has 39 heavy (non-hydrogen) atoms. The van der Waals surface area contributed by atoms with Gasteiger partial charge in [0.05, 0.1) is 11.6 Å². The van der Waals surface area contributed by atoms with Crippen LogP contribution in [0.1, 0.15) is 22.3 Å². The van der Waals surface area contributed by atoms with E-state index in [1.54, 1.807) is 25.1 Å². The van der Waals surface area contributed by atoms with Crippen molar-refractivity contribution in [3.8, 4) is 6.07 Å². The van der Waals surface area contributed by atoms with Gasteiger partial charge in [-0.25, -0.2) is 27.6 Å². The lowest BCUT2D eigenvalue weighted by atomic mass is 10.0. The maximum absolute atomic E-state index is 13.8. The van der Waals surface area contributed by atoms with Gasteiger partial charge in [-0.05, 0) is 66.4 Å². The third-order valence-corrected chi connectivity index (χ3v) is 7.59. The number of fused-ring (bicyclic) bond motifs is 1. The maximum Gasteiger partial charge on any atom is 0.330 e. The van der Waals surface area contributed by atoms with E-state index in [0.717, 1.165) is 16.4 Å². The number of carbonyl (C=O) groups excluding carboxylic acids is 2. The first-order valence-corrected chi connectivity index (χ1v) is 13.2. The van der Waals surface area contributed by atoms with Gasteiger partial charge in [-0.2, -0.15) is 13.7 Å². The number of hydrogen-bond acceptors (Lipinski definition) is 6. The number of amides is 3. The molecule has 0 unspecified atom stereocenters. The first kappa shape index (κ1) is 27.5. The lowest BCUT2D eigenvalue weighted by Gasteiger charge is -2.26. The highest BCUT2D eigenvalue weighted by molar-refractivity contribution is 7.91. The highest BCUT2D eigenvalue weighted by Crippen LogP contribution is 2.27. The molecule has 0 radical (unpaired) electrons. The zero-order valence-electron chi connectivity index (χ0n) is 21.0. The first-order chi connectivity index (χ1) is 18.5. The van der Waals surface area contributed by atoms with Crippen LogP contribution in [-0.4, -0.2) is 45.0 Å². The average Bonchev–Trinajstić information content (AvgIpc) is 3.32. The monoisotopic (exact) mass is 554 g/mol. The van der Waals surface area contributed by atoms with Gasteiger partial charge in [-0.3, -0.25) is 4.79 Å². The number of halogens is 2. The fourth-order valence-electron chi connectivity index (χ4n) is 4.28. The third-order valence-electron chi connectivity index (χ3n) is 6.21. The van der Waals surface area contributed by atoms with Crippen molar-refractivity contribution in [2.45, 2.75) is 25.8 Å². The zero-order chi connectivity index (χ0) is 28.3. The van der Waals surface area contributed by atoms with Crippen molar-refractivity contribution < 1.29 is 26.8 Å². The highest BCUT2D eigenvalue weighted by atomic mass is 32.2. The van der Waals surface area contributed by atoms with Crippen molar-refractivity contribution in [3.05, 3.63) is 88.6 Å². The molecule has 10 nitrogen and oxygen atoms in total. The number of aryl methyl sites for hydroxylation is 1. The Hall–Kier alpha value is -4.57. The molecule has 0 bridgehead atoms. The van der Waals surface area contributed by atoms with Crippen molar-refractivity contribution in [3.63, 3.8) is 0 Å². The molecular formula is C26H24F2N6O4S. The molecule has 13 heteroatoms. The van der Waals surface area contributed by atoms with Crippen LogP contribution in [0, 0.1) is 29.9 Å². The second-order valence-corrected chi connectivity index (χ2v) is 10.5. The van der Waals surface area contributed by atoms with E-state index in [0.29, 0.717) is 34.9 Å². The quantitative estimate of drug-likeness (QED) is 0.461. The van der Waals surface area contributed by atoms with E-state index in [1.807, 2.05) is 10.8 Å². The van der Waals surface area contributed by atoms with Gasteiger partial charge in [0.15, 0.2) is 0 Å². The van der Waals surface area contributed by atoms with E-state index in [2.05, 4.69) is 10.3 Å². The van der Waals surface area contributed by atoms with Crippen LogP contribution in [0.15, 0.2) is 54.7 Å². The first-order valence-electron chi connectivity index (χ1n) is 11.8.